The van der Waals surface area contributed by atoms with Crippen molar-refractivity contribution in [2.24, 2.45) is 11.8 Å². The van der Waals surface area contributed by atoms with Crippen LogP contribution in [0, 0.1) is 11.8 Å². The summed E-state index contributed by atoms with van der Waals surface area (Å²) < 4.78 is 6.92. The lowest BCUT2D eigenvalue weighted by atomic mass is 9.66. The molecule has 2 bridgehead atoms. The first-order valence-electron chi connectivity index (χ1n) is 15.9. The number of rotatable bonds is 12. The Balaban J connectivity index is 1.47. The number of para-hydroxylation sites is 1. The van der Waals surface area contributed by atoms with Gasteiger partial charge in [-0.2, -0.15) is 0 Å². The van der Waals surface area contributed by atoms with E-state index < -0.39 is 41.7 Å². The number of anilines is 1. The molecule has 1 N–H and O–H groups in total. The minimum Gasteiger partial charge on any atom is -0.394 e. The number of amides is 3. The molecule has 2 unspecified atom stereocenters. The first kappa shape index (κ1) is 31.5. The van der Waals surface area contributed by atoms with Crippen LogP contribution in [0.2, 0.25) is 0 Å². The van der Waals surface area contributed by atoms with Crippen LogP contribution in [0.1, 0.15) is 36.9 Å². The molecule has 6 rings (SSSR count). The molecule has 0 saturated carbocycles. The Hall–Kier alpha value is -4.53. The standard InChI is InChI=1S/C38H41N3O5/c1-4-23-39(25-27-15-9-6-10-16-27)36(45)33-38-22-21-37(3,46-38)31(34(43)40(24-5-2)29-19-13-8-14-20-29)32(38)35(44)41(33)30(26-42)28-17-11-7-12-18-28/h4-20,30-33,42H,1-2,21-26H2,3H3/t30-,31+,32+,33?,37-,38?/m1/s1. The fourth-order valence-corrected chi connectivity index (χ4v) is 7.98. The number of benzene rings is 3. The number of carbonyl (C=O) groups excluding carboxylic acids is 3. The van der Waals surface area contributed by atoms with E-state index in [9.17, 15) is 19.5 Å². The lowest BCUT2D eigenvalue weighted by Gasteiger charge is -2.39. The molecule has 3 aromatic carbocycles. The Labute approximate surface area is 270 Å². The number of nitrogens with zero attached hydrogens (tertiary/aromatic N) is 3. The normalized spacial score (nSPS) is 26.8. The molecule has 3 amide bonds. The van der Waals surface area contributed by atoms with Crippen molar-refractivity contribution in [2.45, 2.75) is 49.6 Å². The molecule has 3 saturated heterocycles. The minimum atomic E-state index is -1.25. The molecule has 3 aliphatic rings. The summed E-state index contributed by atoms with van der Waals surface area (Å²) in [6, 6.07) is 26.4. The molecule has 238 valence electrons. The lowest BCUT2D eigenvalue weighted by molar-refractivity contribution is -0.155. The Morgan fingerprint density at radius 2 is 1.54 bits per heavy atom. The number of hydrogen-bond donors (Lipinski definition) is 1. The van der Waals surface area contributed by atoms with Crippen LogP contribution in [-0.4, -0.2) is 69.6 Å². The number of likely N-dealkylation sites (tertiary alicyclic amines) is 1. The lowest BCUT2D eigenvalue weighted by Crippen LogP contribution is -2.57. The number of carbonyl (C=O) groups is 3. The average Bonchev–Trinajstić information content (AvgIpc) is 3.65. The van der Waals surface area contributed by atoms with Crippen LogP contribution >= 0.6 is 0 Å². The fraction of sp³-hybridized carbons (Fsp3) is 0.342. The fourth-order valence-electron chi connectivity index (χ4n) is 7.98. The Kier molecular flexibility index (Phi) is 8.68. The number of hydrogen-bond acceptors (Lipinski definition) is 5. The second-order valence-corrected chi connectivity index (χ2v) is 12.6. The molecule has 0 radical (unpaired) electrons. The maximum absolute atomic E-state index is 14.9. The molecule has 1 spiro atoms. The zero-order valence-corrected chi connectivity index (χ0v) is 26.2. The van der Waals surface area contributed by atoms with Crippen LogP contribution in [0.4, 0.5) is 5.69 Å². The molecule has 46 heavy (non-hydrogen) atoms. The van der Waals surface area contributed by atoms with Crippen molar-refractivity contribution in [1.29, 1.82) is 0 Å². The predicted molar refractivity (Wildman–Crippen MR) is 176 cm³/mol. The molecule has 3 fully saturated rings. The van der Waals surface area contributed by atoms with E-state index in [0.717, 1.165) is 5.56 Å². The molecule has 3 aromatic rings. The number of ether oxygens (including phenoxy) is 1. The maximum atomic E-state index is 14.9. The highest BCUT2D eigenvalue weighted by Gasteiger charge is 2.79. The Morgan fingerprint density at radius 1 is 0.935 bits per heavy atom. The SMILES string of the molecule is C=CCN(Cc1ccccc1)C(=O)C1N([C@H](CO)c2ccccc2)C(=O)[C@@H]2[C@@H](C(=O)N(CC=C)c3ccccc3)[C@@]3(C)CCC12O3. The monoisotopic (exact) mass is 619 g/mol. The van der Waals surface area contributed by atoms with Gasteiger partial charge in [0.2, 0.25) is 17.7 Å². The third-order valence-corrected chi connectivity index (χ3v) is 9.93. The highest BCUT2D eigenvalue weighted by Crippen LogP contribution is 2.64. The van der Waals surface area contributed by atoms with Gasteiger partial charge in [-0.25, -0.2) is 0 Å². The van der Waals surface area contributed by atoms with Gasteiger partial charge < -0.3 is 24.5 Å². The molecular formula is C38H41N3O5. The smallest absolute Gasteiger partial charge is 0.249 e. The third kappa shape index (κ3) is 5.15. The van der Waals surface area contributed by atoms with Crippen molar-refractivity contribution < 1.29 is 24.2 Å². The van der Waals surface area contributed by atoms with Gasteiger partial charge in [-0.3, -0.25) is 14.4 Å². The highest BCUT2D eigenvalue weighted by molar-refractivity contribution is 6.03. The molecule has 0 aromatic heterocycles. The molecule has 0 aliphatic carbocycles. The van der Waals surface area contributed by atoms with E-state index in [4.69, 9.17) is 4.74 Å². The van der Waals surface area contributed by atoms with Crippen LogP contribution in [0.3, 0.4) is 0 Å². The summed E-state index contributed by atoms with van der Waals surface area (Å²) in [6.45, 7) is 10.1. The van der Waals surface area contributed by atoms with Gasteiger partial charge in [-0.15, -0.1) is 13.2 Å². The second-order valence-electron chi connectivity index (χ2n) is 12.6. The summed E-state index contributed by atoms with van der Waals surface area (Å²) in [5, 5.41) is 10.8. The van der Waals surface area contributed by atoms with Gasteiger partial charge in [-0.1, -0.05) is 91.0 Å². The minimum absolute atomic E-state index is 0.242. The third-order valence-electron chi connectivity index (χ3n) is 9.93. The van der Waals surface area contributed by atoms with E-state index in [-0.39, 0.29) is 30.8 Å². The van der Waals surface area contributed by atoms with Crippen molar-refractivity contribution in [1.82, 2.24) is 9.80 Å². The summed E-state index contributed by atoms with van der Waals surface area (Å²) in [6.07, 6.45) is 4.28. The van der Waals surface area contributed by atoms with Crippen LogP contribution < -0.4 is 4.90 Å². The zero-order valence-electron chi connectivity index (χ0n) is 26.2. The number of aliphatic hydroxyl groups excluding tert-OH is 1. The maximum Gasteiger partial charge on any atom is 0.249 e. The van der Waals surface area contributed by atoms with E-state index >= 15 is 0 Å². The van der Waals surface area contributed by atoms with E-state index in [1.165, 1.54) is 4.90 Å². The largest absolute Gasteiger partial charge is 0.394 e. The molecular weight excluding hydrogens is 578 g/mol. The predicted octanol–water partition coefficient (Wildman–Crippen LogP) is 4.92. The second kappa shape index (κ2) is 12.7. The van der Waals surface area contributed by atoms with Gasteiger partial charge in [0.05, 0.1) is 30.1 Å². The van der Waals surface area contributed by atoms with Crippen LogP contribution in [0.15, 0.2) is 116 Å². The quantitative estimate of drug-likeness (QED) is 0.291. The van der Waals surface area contributed by atoms with Gasteiger partial charge in [0, 0.05) is 25.3 Å². The number of fused-ring (bicyclic) bond motifs is 1. The van der Waals surface area contributed by atoms with Crippen LogP contribution in [-0.2, 0) is 25.7 Å². The summed E-state index contributed by atoms with van der Waals surface area (Å²) >= 11 is 0. The van der Waals surface area contributed by atoms with Gasteiger partial charge in [0.25, 0.3) is 0 Å². The van der Waals surface area contributed by atoms with Gasteiger partial charge in [0.1, 0.15) is 11.6 Å². The topological polar surface area (TPSA) is 90.4 Å². The number of aliphatic hydroxyl groups is 1. The van der Waals surface area contributed by atoms with Crippen LogP contribution in [0.5, 0.6) is 0 Å². The summed E-state index contributed by atoms with van der Waals surface area (Å²) in [4.78, 5) is 49.4. The van der Waals surface area contributed by atoms with Crippen LogP contribution in [0.25, 0.3) is 0 Å². The first-order chi connectivity index (χ1) is 22.3. The average molecular weight is 620 g/mol. The highest BCUT2D eigenvalue weighted by atomic mass is 16.5. The van der Waals surface area contributed by atoms with Gasteiger partial charge in [-0.05, 0) is 43.0 Å². The zero-order chi connectivity index (χ0) is 32.5. The molecule has 8 nitrogen and oxygen atoms in total. The van der Waals surface area contributed by atoms with Crippen molar-refractivity contribution >= 4 is 23.4 Å². The Bertz CT molecular complexity index is 1600. The van der Waals surface area contributed by atoms with Gasteiger partial charge >= 0.3 is 0 Å². The first-order valence-corrected chi connectivity index (χ1v) is 15.9. The molecule has 3 heterocycles. The molecule has 3 aliphatic heterocycles. The van der Waals surface area contributed by atoms with E-state index in [2.05, 4.69) is 13.2 Å². The van der Waals surface area contributed by atoms with Crippen molar-refractivity contribution in [3.63, 3.8) is 0 Å². The summed E-state index contributed by atoms with van der Waals surface area (Å²) in [7, 11) is 0. The van der Waals surface area contributed by atoms with E-state index in [1.54, 1.807) is 22.0 Å². The van der Waals surface area contributed by atoms with Crippen molar-refractivity contribution in [3.05, 3.63) is 127 Å². The summed E-state index contributed by atoms with van der Waals surface area (Å²) in [5.41, 5.74) is 0.120. The van der Waals surface area contributed by atoms with E-state index in [0.29, 0.717) is 30.6 Å². The van der Waals surface area contributed by atoms with Crippen molar-refractivity contribution in [3.8, 4) is 0 Å². The molecule has 6 atom stereocenters. The molecule has 8 heteroatoms. The van der Waals surface area contributed by atoms with Gasteiger partial charge in [0.15, 0.2) is 0 Å². The van der Waals surface area contributed by atoms with Crippen molar-refractivity contribution in [2.75, 3.05) is 24.6 Å². The Morgan fingerprint density at radius 3 is 2.15 bits per heavy atom. The van der Waals surface area contributed by atoms with E-state index in [1.807, 2.05) is 97.9 Å². The summed E-state index contributed by atoms with van der Waals surface area (Å²) in [5.74, 6) is -2.64.